The predicted octanol–water partition coefficient (Wildman–Crippen LogP) is 1.26. The molecule has 0 spiro atoms. The van der Waals surface area contributed by atoms with Gasteiger partial charge in [-0.3, -0.25) is 0 Å². The number of rotatable bonds is 9. The number of aliphatic hydroxyl groups is 1. The molecule has 0 amide bonds. The van der Waals surface area contributed by atoms with Gasteiger partial charge >= 0.3 is 0 Å². The Bertz CT molecular complexity index is 490. The second kappa shape index (κ2) is 8.96. The highest BCUT2D eigenvalue weighted by Crippen LogP contribution is 2.34. The van der Waals surface area contributed by atoms with Gasteiger partial charge in [-0.15, -0.1) is 0 Å². The molecular formula is C17H28N2O4. The van der Waals surface area contributed by atoms with Crippen molar-refractivity contribution in [2.75, 3.05) is 47.5 Å². The topological polar surface area (TPSA) is 63.2 Å². The Labute approximate surface area is 138 Å². The van der Waals surface area contributed by atoms with Crippen LogP contribution in [-0.2, 0) is 6.54 Å². The standard InChI is InChI=1S/C17H28N2O4/c1-21-15-9-17(23-3)16(22-2)8-13(15)10-18-11-14(20)12-19-6-4-5-7-19/h8-9,14,18,20H,4-7,10-12H2,1-3H3. The molecule has 1 heterocycles. The highest BCUT2D eigenvalue weighted by atomic mass is 16.5. The minimum Gasteiger partial charge on any atom is -0.496 e. The first kappa shape index (κ1) is 17.8. The van der Waals surface area contributed by atoms with Gasteiger partial charge in [0.05, 0.1) is 27.4 Å². The molecule has 2 rings (SSSR count). The summed E-state index contributed by atoms with van der Waals surface area (Å²) >= 11 is 0. The Morgan fingerprint density at radius 2 is 1.65 bits per heavy atom. The van der Waals surface area contributed by atoms with Gasteiger partial charge in [-0.2, -0.15) is 0 Å². The smallest absolute Gasteiger partial charge is 0.164 e. The third kappa shape index (κ3) is 4.99. The van der Waals surface area contributed by atoms with E-state index in [1.165, 1.54) is 12.8 Å². The largest absolute Gasteiger partial charge is 0.496 e. The van der Waals surface area contributed by atoms with E-state index in [0.717, 1.165) is 30.9 Å². The zero-order valence-corrected chi connectivity index (χ0v) is 14.3. The van der Waals surface area contributed by atoms with Gasteiger partial charge in [-0.1, -0.05) is 0 Å². The number of benzene rings is 1. The van der Waals surface area contributed by atoms with Crippen LogP contribution < -0.4 is 19.5 Å². The molecule has 0 aliphatic carbocycles. The molecule has 23 heavy (non-hydrogen) atoms. The minimum absolute atomic E-state index is 0.362. The molecule has 0 radical (unpaired) electrons. The fourth-order valence-electron chi connectivity index (χ4n) is 2.93. The Kier molecular flexibility index (Phi) is 6.95. The molecule has 0 bridgehead atoms. The lowest BCUT2D eigenvalue weighted by Crippen LogP contribution is -2.36. The average molecular weight is 324 g/mol. The summed E-state index contributed by atoms with van der Waals surface area (Å²) in [4.78, 5) is 2.31. The Morgan fingerprint density at radius 1 is 1.04 bits per heavy atom. The van der Waals surface area contributed by atoms with Gasteiger partial charge < -0.3 is 29.5 Å². The Morgan fingerprint density at radius 3 is 2.26 bits per heavy atom. The number of hydrogen-bond donors (Lipinski definition) is 2. The fourth-order valence-corrected chi connectivity index (χ4v) is 2.93. The van der Waals surface area contributed by atoms with Crippen molar-refractivity contribution in [1.29, 1.82) is 0 Å². The fraction of sp³-hybridized carbons (Fsp3) is 0.647. The first-order valence-corrected chi connectivity index (χ1v) is 8.08. The summed E-state index contributed by atoms with van der Waals surface area (Å²) in [6.07, 6.45) is 2.12. The van der Waals surface area contributed by atoms with E-state index >= 15 is 0 Å². The summed E-state index contributed by atoms with van der Waals surface area (Å²) in [5.74, 6) is 2.05. The normalized spacial score (nSPS) is 16.3. The second-order valence-corrected chi connectivity index (χ2v) is 5.81. The van der Waals surface area contributed by atoms with Crippen LogP contribution in [0.5, 0.6) is 17.2 Å². The molecule has 1 fully saturated rings. The third-order valence-corrected chi connectivity index (χ3v) is 4.15. The van der Waals surface area contributed by atoms with Gasteiger partial charge in [0.1, 0.15) is 5.75 Å². The summed E-state index contributed by atoms with van der Waals surface area (Å²) < 4.78 is 16.0. The SMILES string of the molecule is COc1cc(OC)c(OC)cc1CNCC(O)CN1CCCC1. The molecule has 6 nitrogen and oxygen atoms in total. The minimum atomic E-state index is -0.362. The zero-order chi connectivity index (χ0) is 16.7. The monoisotopic (exact) mass is 324 g/mol. The number of hydrogen-bond acceptors (Lipinski definition) is 6. The van der Waals surface area contributed by atoms with Crippen molar-refractivity contribution in [2.24, 2.45) is 0 Å². The van der Waals surface area contributed by atoms with E-state index in [1.54, 1.807) is 21.3 Å². The molecule has 6 heteroatoms. The summed E-state index contributed by atoms with van der Waals surface area (Å²) in [7, 11) is 4.85. The zero-order valence-electron chi connectivity index (χ0n) is 14.3. The Hall–Kier alpha value is -1.50. The van der Waals surface area contributed by atoms with Crippen LogP contribution in [0.4, 0.5) is 0 Å². The van der Waals surface area contributed by atoms with Crippen LogP contribution in [0.3, 0.4) is 0 Å². The number of nitrogens with one attached hydrogen (secondary N) is 1. The van der Waals surface area contributed by atoms with E-state index < -0.39 is 0 Å². The number of ether oxygens (including phenoxy) is 3. The molecule has 2 N–H and O–H groups in total. The van der Waals surface area contributed by atoms with E-state index in [0.29, 0.717) is 24.6 Å². The second-order valence-electron chi connectivity index (χ2n) is 5.81. The summed E-state index contributed by atoms with van der Waals surface area (Å²) in [6, 6.07) is 3.72. The van der Waals surface area contributed by atoms with Crippen molar-refractivity contribution >= 4 is 0 Å². The average Bonchev–Trinajstić information content (AvgIpc) is 3.07. The van der Waals surface area contributed by atoms with Crippen molar-refractivity contribution in [3.8, 4) is 17.2 Å². The van der Waals surface area contributed by atoms with Crippen LogP contribution >= 0.6 is 0 Å². The third-order valence-electron chi connectivity index (χ3n) is 4.15. The molecule has 0 aromatic heterocycles. The van der Waals surface area contributed by atoms with Crippen molar-refractivity contribution in [2.45, 2.75) is 25.5 Å². The molecule has 1 atom stereocenters. The first-order valence-electron chi connectivity index (χ1n) is 8.08. The predicted molar refractivity (Wildman–Crippen MR) is 89.5 cm³/mol. The van der Waals surface area contributed by atoms with Crippen LogP contribution in [0, 0.1) is 0 Å². The summed E-state index contributed by atoms with van der Waals surface area (Å²) in [6.45, 7) is 4.08. The number of aliphatic hydroxyl groups excluding tert-OH is 1. The molecule has 1 aliphatic rings. The van der Waals surface area contributed by atoms with Gasteiger partial charge in [0, 0.05) is 31.3 Å². The van der Waals surface area contributed by atoms with Crippen molar-refractivity contribution in [3.05, 3.63) is 17.7 Å². The van der Waals surface area contributed by atoms with Crippen molar-refractivity contribution in [3.63, 3.8) is 0 Å². The molecule has 130 valence electrons. The summed E-state index contributed by atoms with van der Waals surface area (Å²) in [5, 5.41) is 13.4. The quantitative estimate of drug-likeness (QED) is 0.713. The molecular weight excluding hydrogens is 296 g/mol. The van der Waals surface area contributed by atoms with Gasteiger partial charge in [0.25, 0.3) is 0 Å². The van der Waals surface area contributed by atoms with Gasteiger partial charge in [0.2, 0.25) is 0 Å². The first-order chi connectivity index (χ1) is 11.2. The van der Waals surface area contributed by atoms with Crippen molar-refractivity contribution < 1.29 is 19.3 Å². The maximum absolute atomic E-state index is 10.1. The highest BCUT2D eigenvalue weighted by molar-refractivity contribution is 5.50. The number of β-amino-alcohol motifs (C(OH)–C–C–N with tert-alkyl or cyclic N) is 1. The lowest BCUT2D eigenvalue weighted by molar-refractivity contribution is 0.123. The van der Waals surface area contributed by atoms with Crippen molar-refractivity contribution in [1.82, 2.24) is 10.2 Å². The number of methoxy groups -OCH3 is 3. The lowest BCUT2D eigenvalue weighted by Gasteiger charge is -2.20. The maximum atomic E-state index is 10.1. The molecule has 1 aromatic carbocycles. The van der Waals surface area contributed by atoms with Crippen LogP contribution in [0.25, 0.3) is 0 Å². The number of likely N-dealkylation sites (tertiary alicyclic amines) is 1. The van der Waals surface area contributed by atoms with Crippen LogP contribution in [0.1, 0.15) is 18.4 Å². The van der Waals surface area contributed by atoms with Crippen LogP contribution in [-0.4, -0.2) is 63.6 Å². The van der Waals surface area contributed by atoms with Crippen LogP contribution in [0.2, 0.25) is 0 Å². The molecule has 1 aromatic rings. The molecule has 1 unspecified atom stereocenters. The van der Waals surface area contributed by atoms with E-state index in [-0.39, 0.29) is 6.10 Å². The van der Waals surface area contributed by atoms with E-state index in [2.05, 4.69) is 10.2 Å². The van der Waals surface area contributed by atoms with E-state index in [9.17, 15) is 5.11 Å². The molecule has 1 aliphatic heterocycles. The highest BCUT2D eigenvalue weighted by Gasteiger charge is 2.16. The van der Waals surface area contributed by atoms with Gasteiger partial charge in [-0.05, 0) is 32.0 Å². The van der Waals surface area contributed by atoms with E-state index in [1.807, 2.05) is 12.1 Å². The summed E-state index contributed by atoms with van der Waals surface area (Å²) in [5.41, 5.74) is 0.971. The molecule has 0 saturated carbocycles. The lowest BCUT2D eigenvalue weighted by atomic mass is 10.1. The van der Waals surface area contributed by atoms with Crippen LogP contribution in [0.15, 0.2) is 12.1 Å². The van der Waals surface area contributed by atoms with E-state index in [4.69, 9.17) is 14.2 Å². The maximum Gasteiger partial charge on any atom is 0.164 e. The Balaban J connectivity index is 1.88. The molecule has 1 saturated heterocycles. The van der Waals surface area contributed by atoms with Gasteiger partial charge in [-0.25, -0.2) is 0 Å². The number of nitrogens with zero attached hydrogens (tertiary/aromatic N) is 1. The van der Waals surface area contributed by atoms with Gasteiger partial charge in [0.15, 0.2) is 11.5 Å².